The highest BCUT2D eigenvalue weighted by molar-refractivity contribution is 6.31. The van der Waals surface area contributed by atoms with E-state index < -0.39 is 4.92 Å². The van der Waals surface area contributed by atoms with Crippen molar-refractivity contribution in [3.63, 3.8) is 0 Å². The monoisotopic (exact) mass is 393 g/mol. The molecule has 2 aromatic carbocycles. The van der Waals surface area contributed by atoms with Gasteiger partial charge in [-0.25, -0.2) is 15.4 Å². The normalized spacial score (nSPS) is 11.2. The van der Waals surface area contributed by atoms with Gasteiger partial charge in [-0.1, -0.05) is 41.9 Å². The van der Waals surface area contributed by atoms with Crippen LogP contribution in [0.3, 0.4) is 0 Å². The number of benzene rings is 2. The molecular weight excluding hydrogens is 382 g/mol. The molecule has 2 aromatic heterocycles. The van der Waals surface area contributed by atoms with Crippen LogP contribution in [0, 0.1) is 10.1 Å². The van der Waals surface area contributed by atoms with Gasteiger partial charge in [0.05, 0.1) is 23.5 Å². The molecule has 0 aliphatic carbocycles. The lowest BCUT2D eigenvalue weighted by atomic mass is 10.1. The van der Waals surface area contributed by atoms with Crippen LogP contribution in [0.15, 0.2) is 70.2 Å². The summed E-state index contributed by atoms with van der Waals surface area (Å²) < 4.78 is 5.02. The van der Waals surface area contributed by atoms with Gasteiger partial charge in [0.1, 0.15) is 4.92 Å². The molecule has 2 heterocycles. The summed E-state index contributed by atoms with van der Waals surface area (Å²) in [7, 11) is 0. The Labute approximate surface area is 163 Å². The average Bonchev–Trinajstić information content (AvgIpc) is 3.18. The summed E-state index contributed by atoms with van der Waals surface area (Å²) in [5.74, 6) is 0.146. The van der Waals surface area contributed by atoms with E-state index in [1.54, 1.807) is 12.1 Å². The number of hydrazone groups is 1. The molecule has 8 nitrogen and oxygen atoms in total. The fourth-order valence-electron chi connectivity index (χ4n) is 2.63. The smallest absolute Gasteiger partial charge is 0.400 e. The number of aromatic nitrogens is 2. The number of nitrogens with zero attached hydrogens (tertiary/aromatic N) is 4. The van der Waals surface area contributed by atoms with E-state index in [1.165, 1.54) is 18.3 Å². The second-order valence-corrected chi connectivity index (χ2v) is 6.16. The summed E-state index contributed by atoms with van der Waals surface area (Å²) in [6.45, 7) is 0. The highest BCUT2D eigenvalue weighted by atomic mass is 35.5. The van der Waals surface area contributed by atoms with Crippen molar-refractivity contribution in [2.24, 2.45) is 5.10 Å². The standard InChI is InChI=1S/C19H12ClN5O3/c20-13-6-8-16-15(10-13)18(12-4-2-1-3-5-12)23-19(22-16)24-21-11-14-7-9-17(28-14)25(26)27/h1-11H,(H,22,23,24). The number of nitro groups is 1. The van der Waals surface area contributed by atoms with Gasteiger partial charge in [-0.3, -0.25) is 10.1 Å². The zero-order valence-electron chi connectivity index (χ0n) is 14.2. The maximum absolute atomic E-state index is 10.7. The second-order valence-electron chi connectivity index (χ2n) is 5.73. The van der Waals surface area contributed by atoms with E-state index in [1.807, 2.05) is 36.4 Å². The van der Waals surface area contributed by atoms with Crippen LogP contribution >= 0.6 is 11.6 Å². The number of furan rings is 1. The third kappa shape index (κ3) is 3.67. The lowest BCUT2D eigenvalue weighted by Crippen LogP contribution is -1.99. The molecule has 0 aliphatic rings. The van der Waals surface area contributed by atoms with Crippen molar-refractivity contribution < 1.29 is 9.34 Å². The molecule has 4 rings (SSSR count). The number of halogens is 1. The summed E-state index contributed by atoms with van der Waals surface area (Å²) in [4.78, 5) is 19.0. The van der Waals surface area contributed by atoms with Gasteiger partial charge < -0.3 is 4.42 Å². The van der Waals surface area contributed by atoms with E-state index >= 15 is 0 Å². The van der Waals surface area contributed by atoms with Crippen LogP contribution in [0.2, 0.25) is 5.02 Å². The maximum atomic E-state index is 10.7. The lowest BCUT2D eigenvalue weighted by molar-refractivity contribution is -0.402. The fraction of sp³-hybridized carbons (Fsp3) is 0. The van der Waals surface area contributed by atoms with E-state index in [9.17, 15) is 10.1 Å². The predicted molar refractivity (Wildman–Crippen MR) is 107 cm³/mol. The van der Waals surface area contributed by atoms with Gasteiger partial charge in [0.15, 0.2) is 5.76 Å². The molecule has 0 fully saturated rings. The first kappa shape index (κ1) is 17.6. The fourth-order valence-corrected chi connectivity index (χ4v) is 2.80. The molecule has 1 N–H and O–H groups in total. The minimum atomic E-state index is -0.617. The van der Waals surface area contributed by atoms with Crippen LogP contribution in [0.25, 0.3) is 22.2 Å². The van der Waals surface area contributed by atoms with Crippen molar-refractivity contribution in [1.29, 1.82) is 0 Å². The SMILES string of the molecule is O=[N+]([O-])c1ccc(C=NNc2nc(-c3ccccc3)c3cc(Cl)ccc3n2)o1. The highest BCUT2D eigenvalue weighted by Crippen LogP contribution is 2.29. The Balaban J connectivity index is 1.68. The first-order valence-corrected chi connectivity index (χ1v) is 8.54. The number of hydrogen-bond donors (Lipinski definition) is 1. The molecule has 0 saturated heterocycles. The van der Waals surface area contributed by atoms with Gasteiger partial charge in [0.25, 0.3) is 0 Å². The van der Waals surface area contributed by atoms with E-state index in [4.69, 9.17) is 16.0 Å². The largest absolute Gasteiger partial charge is 0.433 e. The molecule has 138 valence electrons. The lowest BCUT2D eigenvalue weighted by Gasteiger charge is -2.08. The number of anilines is 1. The molecular formula is C19H12ClN5O3. The van der Waals surface area contributed by atoms with Gasteiger partial charge in [0, 0.05) is 16.0 Å². The van der Waals surface area contributed by atoms with Crippen LogP contribution in [0.1, 0.15) is 5.76 Å². The Morgan fingerprint density at radius 2 is 1.93 bits per heavy atom. The van der Waals surface area contributed by atoms with Gasteiger partial charge >= 0.3 is 5.88 Å². The van der Waals surface area contributed by atoms with E-state index in [-0.39, 0.29) is 17.6 Å². The molecule has 0 spiro atoms. The zero-order chi connectivity index (χ0) is 19.5. The Morgan fingerprint density at radius 1 is 1.11 bits per heavy atom. The van der Waals surface area contributed by atoms with Gasteiger partial charge in [0.2, 0.25) is 5.95 Å². The number of nitrogens with one attached hydrogen (secondary N) is 1. The second kappa shape index (κ2) is 7.45. The van der Waals surface area contributed by atoms with Crippen molar-refractivity contribution in [3.8, 4) is 11.3 Å². The molecule has 0 aliphatic heterocycles. The summed E-state index contributed by atoms with van der Waals surface area (Å²) >= 11 is 6.14. The van der Waals surface area contributed by atoms with Crippen LogP contribution in [-0.4, -0.2) is 21.1 Å². The minimum Gasteiger partial charge on any atom is -0.400 e. The van der Waals surface area contributed by atoms with Gasteiger partial charge in [-0.15, -0.1) is 0 Å². The Hall–Kier alpha value is -3.78. The summed E-state index contributed by atoms with van der Waals surface area (Å²) in [5, 5.41) is 16.1. The van der Waals surface area contributed by atoms with Gasteiger partial charge in [-0.05, 0) is 24.3 Å². The maximum Gasteiger partial charge on any atom is 0.433 e. The number of hydrogen-bond acceptors (Lipinski definition) is 7. The minimum absolute atomic E-state index is 0.232. The quantitative estimate of drug-likeness (QED) is 0.293. The van der Waals surface area contributed by atoms with Crippen molar-refractivity contribution in [2.45, 2.75) is 0 Å². The molecule has 4 aromatic rings. The molecule has 28 heavy (non-hydrogen) atoms. The topological polar surface area (TPSA) is 106 Å². The predicted octanol–water partition coefficient (Wildman–Crippen LogP) is 4.90. The van der Waals surface area contributed by atoms with Crippen LogP contribution in [-0.2, 0) is 0 Å². The Morgan fingerprint density at radius 3 is 2.68 bits per heavy atom. The van der Waals surface area contributed by atoms with Crippen molar-refractivity contribution in [1.82, 2.24) is 9.97 Å². The number of rotatable bonds is 5. The summed E-state index contributed by atoms with van der Waals surface area (Å²) in [6.07, 6.45) is 1.31. The van der Waals surface area contributed by atoms with Crippen LogP contribution in [0.5, 0.6) is 0 Å². The Bertz CT molecular complexity index is 1190. The Kier molecular flexibility index (Phi) is 4.69. The molecule has 0 radical (unpaired) electrons. The molecule has 0 atom stereocenters. The molecule has 0 unspecified atom stereocenters. The first-order chi connectivity index (χ1) is 13.6. The van der Waals surface area contributed by atoms with Crippen molar-refractivity contribution >= 4 is 40.6 Å². The first-order valence-electron chi connectivity index (χ1n) is 8.16. The van der Waals surface area contributed by atoms with Gasteiger partial charge in [-0.2, -0.15) is 5.10 Å². The average molecular weight is 394 g/mol. The third-order valence-corrected chi connectivity index (χ3v) is 4.09. The summed E-state index contributed by atoms with van der Waals surface area (Å²) in [5.41, 5.74) is 5.05. The van der Waals surface area contributed by atoms with Crippen molar-refractivity contribution in [2.75, 3.05) is 5.43 Å². The van der Waals surface area contributed by atoms with E-state index in [0.29, 0.717) is 16.2 Å². The third-order valence-electron chi connectivity index (χ3n) is 3.85. The zero-order valence-corrected chi connectivity index (χ0v) is 15.0. The molecule has 0 bridgehead atoms. The molecule has 9 heteroatoms. The van der Waals surface area contributed by atoms with E-state index in [0.717, 1.165) is 10.9 Å². The number of fused-ring (bicyclic) bond motifs is 1. The van der Waals surface area contributed by atoms with Crippen LogP contribution in [0.4, 0.5) is 11.8 Å². The molecule has 0 saturated carbocycles. The summed E-state index contributed by atoms with van der Waals surface area (Å²) in [6, 6.07) is 17.7. The highest BCUT2D eigenvalue weighted by Gasteiger charge is 2.11. The van der Waals surface area contributed by atoms with Crippen LogP contribution < -0.4 is 5.43 Å². The van der Waals surface area contributed by atoms with Crippen molar-refractivity contribution in [3.05, 3.63) is 81.6 Å². The van der Waals surface area contributed by atoms with E-state index in [2.05, 4.69) is 20.5 Å². The molecule has 0 amide bonds.